The molecule has 0 N–H and O–H groups in total. The minimum absolute atomic E-state index is 0.0206. The van der Waals surface area contributed by atoms with Gasteiger partial charge in [0.2, 0.25) is 0 Å². The van der Waals surface area contributed by atoms with Gasteiger partial charge in [-0.15, -0.1) is 0 Å². The number of carbonyl (C=O) groups is 1. The van der Waals surface area contributed by atoms with Gasteiger partial charge in [-0.3, -0.25) is 9.36 Å². The third kappa shape index (κ3) is 4.72. The van der Waals surface area contributed by atoms with Gasteiger partial charge in [-0.1, -0.05) is 35.6 Å². The van der Waals surface area contributed by atoms with Crippen molar-refractivity contribution in [1.82, 2.24) is 4.57 Å². The maximum atomic E-state index is 13.5. The van der Waals surface area contributed by atoms with Gasteiger partial charge in [0.15, 0.2) is 4.80 Å². The van der Waals surface area contributed by atoms with Gasteiger partial charge in [0, 0.05) is 0 Å². The van der Waals surface area contributed by atoms with Crippen LogP contribution < -0.4 is 19.6 Å². The molecule has 0 unspecified atom stereocenters. The number of benzene rings is 2. The Balaban J connectivity index is 1.89. The lowest BCUT2D eigenvalue weighted by molar-refractivity contribution is -0.139. The molecule has 0 aliphatic carbocycles. The monoisotopic (exact) mass is 480 g/mol. The number of rotatable bonds is 6. The molecule has 1 atom stereocenters. The van der Waals surface area contributed by atoms with Gasteiger partial charge >= 0.3 is 5.97 Å². The highest BCUT2D eigenvalue weighted by molar-refractivity contribution is 7.07. The molecule has 1 aliphatic heterocycles. The van der Waals surface area contributed by atoms with Crippen LogP contribution in [0.5, 0.6) is 5.75 Å². The highest BCUT2D eigenvalue weighted by Crippen LogP contribution is 2.31. The molecule has 2 heterocycles. The van der Waals surface area contributed by atoms with Crippen molar-refractivity contribution in [3.8, 4) is 5.75 Å². The smallest absolute Gasteiger partial charge is 0.338 e. The van der Waals surface area contributed by atoms with Crippen LogP contribution in [0, 0.1) is 5.82 Å². The zero-order valence-electron chi connectivity index (χ0n) is 19.4. The molecule has 8 heteroatoms. The Kier molecular flexibility index (Phi) is 6.79. The molecule has 0 saturated carbocycles. The average molecular weight is 481 g/mol. The normalized spacial score (nSPS) is 15.8. The number of thiazole rings is 1. The topological polar surface area (TPSA) is 69.9 Å². The summed E-state index contributed by atoms with van der Waals surface area (Å²) in [6.07, 6.45) is 1.72. The van der Waals surface area contributed by atoms with Crippen LogP contribution in [0.25, 0.3) is 6.08 Å². The predicted molar refractivity (Wildman–Crippen MR) is 129 cm³/mol. The highest BCUT2D eigenvalue weighted by Gasteiger charge is 2.33. The first-order valence-electron chi connectivity index (χ1n) is 11.0. The summed E-state index contributed by atoms with van der Waals surface area (Å²) in [6, 6.07) is 12.5. The van der Waals surface area contributed by atoms with E-state index in [0.29, 0.717) is 31.9 Å². The number of hydrogen-bond acceptors (Lipinski definition) is 6. The Bertz CT molecular complexity index is 1420. The quantitative estimate of drug-likeness (QED) is 0.504. The molecule has 0 saturated heterocycles. The van der Waals surface area contributed by atoms with E-state index >= 15 is 0 Å². The van der Waals surface area contributed by atoms with Crippen LogP contribution in [0.3, 0.4) is 0 Å². The summed E-state index contributed by atoms with van der Waals surface area (Å²) in [5.41, 5.74) is 1.97. The van der Waals surface area contributed by atoms with Crippen LogP contribution in [-0.2, 0) is 9.53 Å². The standard InChI is InChI=1S/C26H25FN2O4S/c1-5-32-25(31)22-16(4)28-26-29(23(22)18-8-12-20(13-9-18)33-15(2)3)24(30)21(34-26)14-17-6-10-19(27)11-7-17/h6-15,23H,5H2,1-4H3/b21-14-/t23-/m0/s1. The minimum Gasteiger partial charge on any atom is -0.491 e. The van der Waals surface area contributed by atoms with Crippen LogP contribution in [-0.4, -0.2) is 23.2 Å². The van der Waals surface area contributed by atoms with Gasteiger partial charge in [-0.2, -0.15) is 0 Å². The minimum atomic E-state index is -0.696. The zero-order chi connectivity index (χ0) is 24.4. The van der Waals surface area contributed by atoms with Gasteiger partial charge in [0.25, 0.3) is 5.56 Å². The van der Waals surface area contributed by atoms with Gasteiger partial charge in [-0.05, 0) is 69.2 Å². The Hall–Kier alpha value is -3.52. The van der Waals surface area contributed by atoms with Crippen LogP contribution in [0.2, 0.25) is 0 Å². The fraction of sp³-hybridized carbons (Fsp3) is 0.269. The molecule has 176 valence electrons. The molecule has 6 nitrogen and oxygen atoms in total. The van der Waals surface area contributed by atoms with Crippen LogP contribution in [0.1, 0.15) is 44.9 Å². The van der Waals surface area contributed by atoms with E-state index in [1.165, 1.54) is 28.0 Å². The SMILES string of the molecule is CCOC(=O)C1=C(C)N=c2s/c(=C\c3ccc(F)cc3)c(=O)n2[C@H]1c1ccc(OC(C)C)cc1. The Morgan fingerprint density at radius 2 is 1.85 bits per heavy atom. The number of ether oxygens (including phenoxy) is 2. The van der Waals surface area contributed by atoms with Crippen molar-refractivity contribution >= 4 is 23.4 Å². The number of allylic oxidation sites excluding steroid dienone is 1. The summed E-state index contributed by atoms with van der Waals surface area (Å²) >= 11 is 1.23. The molecule has 0 bridgehead atoms. The van der Waals surface area contributed by atoms with E-state index in [0.717, 1.165) is 5.56 Å². The largest absolute Gasteiger partial charge is 0.491 e. The van der Waals surface area contributed by atoms with Gasteiger partial charge in [0.1, 0.15) is 11.6 Å². The number of nitrogens with zero attached hydrogens (tertiary/aromatic N) is 2. The van der Waals surface area contributed by atoms with E-state index in [9.17, 15) is 14.0 Å². The van der Waals surface area contributed by atoms with Crippen molar-refractivity contribution in [1.29, 1.82) is 0 Å². The molecule has 0 radical (unpaired) electrons. The second-order valence-electron chi connectivity index (χ2n) is 8.09. The summed E-state index contributed by atoms with van der Waals surface area (Å²) in [5.74, 6) is -0.164. The van der Waals surface area contributed by atoms with E-state index in [4.69, 9.17) is 9.47 Å². The van der Waals surface area contributed by atoms with E-state index in [-0.39, 0.29) is 24.1 Å². The van der Waals surface area contributed by atoms with Gasteiger partial charge in [0.05, 0.1) is 34.6 Å². The second kappa shape index (κ2) is 9.77. The summed E-state index contributed by atoms with van der Waals surface area (Å²) in [5, 5.41) is 0. The third-order valence-corrected chi connectivity index (χ3v) is 6.24. The second-order valence-corrected chi connectivity index (χ2v) is 9.10. The van der Waals surface area contributed by atoms with Gasteiger partial charge < -0.3 is 9.47 Å². The Morgan fingerprint density at radius 1 is 1.18 bits per heavy atom. The number of hydrogen-bond donors (Lipinski definition) is 0. The predicted octanol–water partition coefficient (Wildman–Crippen LogP) is 3.72. The van der Waals surface area contributed by atoms with Crippen molar-refractivity contribution in [2.75, 3.05) is 6.61 Å². The molecule has 1 aliphatic rings. The maximum Gasteiger partial charge on any atom is 0.338 e. The summed E-state index contributed by atoms with van der Waals surface area (Å²) in [4.78, 5) is 31.5. The van der Waals surface area contributed by atoms with Crippen molar-refractivity contribution in [2.45, 2.75) is 39.8 Å². The lowest BCUT2D eigenvalue weighted by Crippen LogP contribution is -2.39. The van der Waals surface area contributed by atoms with Crippen LogP contribution in [0.4, 0.5) is 4.39 Å². The number of fused-ring (bicyclic) bond motifs is 1. The summed E-state index contributed by atoms with van der Waals surface area (Å²) < 4.78 is 26.3. The molecule has 0 amide bonds. The van der Waals surface area contributed by atoms with Crippen LogP contribution >= 0.6 is 11.3 Å². The summed E-state index contributed by atoms with van der Waals surface area (Å²) in [7, 11) is 0. The fourth-order valence-corrected chi connectivity index (χ4v) is 4.86. The molecule has 1 aromatic heterocycles. The molecule has 4 rings (SSSR count). The molecule has 0 spiro atoms. The summed E-state index contributed by atoms with van der Waals surface area (Å²) in [6.45, 7) is 7.57. The number of esters is 1. The number of halogens is 1. The van der Waals surface area contributed by atoms with Crippen LogP contribution in [0.15, 0.2) is 69.6 Å². The number of carbonyl (C=O) groups excluding carboxylic acids is 1. The molecular formula is C26H25FN2O4S. The first-order valence-corrected chi connectivity index (χ1v) is 11.8. The molecule has 3 aromatic rings. The fourth-order valence-electron chi connectivity index (χ4n) is 3.82. The first kappa shape index (κ1) is 23.6. The van der Waals surface area contributed by atoms with Gasteiger partial charge in [-0.25, -0.2) is 14.2 Å². The molecule has 2 aromatic carbocycles. The van der Waals surface area contributed by atoms with Crippen molar-refractivity contribution < 1.29 is 18.7 Å². The van der Waals surface area contributed by atoms with Crippen molar-refractivity contribution in [3.63, 3.8) is 0 Å². The van der Waals surface area contributed by atoms with Crippen molar-refractivity contribution in [3.05, 3.63) is 96.4 Å². The third-order valence-electron chi connectivity index (χ3n) is 5.25. The average Bonchev–Trinajstić information content (AvgIpc) is 3.09. The van der Waals surface area contributed by atoms with E-state index < -0.39 is 12.0 Å². The maximum absolute atomic E-state index is 13.5. The highest BCUT2D eigenvalue weighted by atomic mass is 32.1. The Morgan fingerprint density at radius 3 is 2.47 bits per heavy atom. The van der Waals surface area contributed by atoms with Crippen molar-refractivity contribution in [2.24, 2.45) is 4.99 Å². The lowest BCUT2D eigenvalue weighted by Gasteiger charge is -2.25. The van der Waals surface area contributed by atoms with E-state index in [1.807, 2.05) is 38.1 Å². The van der Waals surface area contributed by atoms with E-state index in [2.05, 4.69) is 4.99 Å². The lowest BCUT2D eigenvalue weighted by atomic mass is 9.96. The molecule has 34 heavy (non-hydrogen) atoms. The zero-order valence-corrected chi connectivity index (χ0v) is 20.2. The number of aromatic nitrogens is 1. The first-order chi connectivity index (χ1) is 16.3. The van der Waals surface area contributed by atoms with E-state index in [1.54, 1.807) is 32.1 Å². The molecular weight excluding hydrogens is 455 g/mol. The Labute approximate surface area is 200 Å². The molecule has 0 fully saturated rings.